The molecule has 0 radical (unpaired) electrons. The minimum Gasteiger partial charge on any atom is -0.497 e. The standard InChI is InChI=1S/C23H24N4O3S/c1-26-11-14(16-6-5-15(29-2)10-18(16)26)12-27-8-9-30-19(13-27)20-17-4-3-7-25-23(17)31-21(20)22(24)28/h3-7,10-11,19H,8-9,12-13H2,1-2H3,(H2,24,28). The van der Waals surface area contributed by atoms with Crippen molar-refractivity contribution in [1.82, 2.24) is 14.5 Å². The number of primary amides is 1. The molecule has 0 spiro atoms. The van der Waals surface area contributed by atoms with E-state index >= 15 is 0 Å². The number of hydrogen-bond donors (Lipinski definition) is 1. The fourth-order valence-corrected chi connectivity index (χ4v) is 5.46. The molecule has 2 N–H and O–H groups in total. The predicted molar refractivity (Wildman–Crippen MR) is 122 cm³/mol. The zero-order valence-corrected chi connectivity index (χ0v) is 18.3. The third-order valence-corrected chi connectivity index (χ3v) is 7.02. The number of methoxy groups -OCH3 is 1. The minimum absolute atomic E-state index is 0.218. The Morgan fingerprint density at radius 1 is 1.35 bits per heavy atom. The molecule has 1 atom stereocenters. The molecular weight excluding hydrogens is 412 g/mol. The fraction of sp³-hybridized carbons (Fsp3) is 0.304. The molecule has 1 aliphatic heterocycles. The molecule has 3 aromatic heterocycles. The summed E-state index contributed by atoms with van der Waals surface area (Å²) in [7, 11) is 3.74. The van der Waals surface area contributed by atoms with Crippen LogP contribution in [0, 0.1) is 0 Å². The van der Waals surface area contributed by atoms with Crippen LogP contribution in [0.3, 0.4) is 0 Å². The minimum atomic E-state index is -0.429. The van der Waals surface area contributed by atoms with Gasteiger partial charge in [0.1, 0.15) is 15.5 Å². The maximum atomic E-state index is 12.1. The molecule has 1 aromatic carbocycles. The fourth-order valence-electron chi connectivity index (χ4n) is 4.42. The number of aryl methyl sites for hydroxylation is 1. The number of aromatic nitrogens is 2. The summed E-state index contributed by atoms with van der Waals surface area (Å²) in [6.45, 7) is 2.91. The number of carbonyl (C=O) groups is 1. The van der Waals surface area contributed by atoms with Gasteiger partial charge in [-0.3, -0.25) is 9.69 Å². The molecule has 5 rings (SSSR count). The molecule has 4 heterocycles. The molecule has 1 saturated heterocycles. The van der Waals surface area contributed by atoms with Crippen molar-refractivity contribution in [3.05, 3.63) is 58.7 Å². The second-order valence-corrected chi connectivity index (χ2v) is 8.81. The molecule has 0 saturated carbocycles. The Bertz CT molecular complexity index is 1280. The van der Waals surface area contributed by atoms with Crippen LogP contribution >= 0.6 is 11.3 Å². The number of fused-ring (bicyclic) bond motifs is 2. The topological polar surface area (TPSA) is 82.6 Å². The molecule has 1 amide bonds. The van der Waals surface area contributed by atoms with Crippen LogP contribution in [-0.2, 0) is 18.3 Å². The normalized spacial score (nSPS) is 17.4. The SMILES string of the molecule is COc1ccc2c(CN3CCOC(c4c(C(N)=O)sc5ncccc45)C3)cn(C)c2c1. The summed E-state index contributed by atoms with van der Waals surface area (Å²) in [4.78, 5) is 20.3. The predicted octanol–water partition coefficient (Wildman–Crippen LogP) is 3.47. The number of rotatable bonds is 5. The smallest absolute Gasteiger partial charge is 0.259 e. The monoisotopic (exact) mass is 436 g/mol. The number of thiophene rings is 1. The van der Waals surface area contributed by atoms with E-state index in [-0.39, 0.29) is 6.10 Å². The van der Waals surface area contributed by atoms with Gasteiger partial charge in [-0.15, -0.1) is 11.3 Å². The third-order valence-electron chi connectivity index (χ3n) is 5.88. The van der Waals surface area contributed by atoms with Gasteiger partial charge in [0.2, 0.25) is 0 Å². The molecule has 160 valence electrons. The van der Waals surface area contributed by atoms with Crippen LogP contribution in [0.5, 0.6) is 5.75 Å². The van der Waals surface area contributed by atoms with Gasteiger partial charge in [0, 0.05) is 61.5 Å². The highest BCUT2D eigenvalue weighted by molar-refractivity contribution is 7.20. The van der Waals surface area contributed by atoms with Crippen molar-refractivity contribution in [1.29, 1.82) is 0 Å². The van der Waals surface area contributed by atoms with E-state index in [4.69, 9.17) is 15.2 Å². The average Bonchev–Trinajstić information content (AvgIpc) is 3.32. The number of hydrogen-bond acceptors (Lipinski definition) is 6. The van der Waals surface area contributed by atoms with Crippen molar-refractivity contribution in [3.8, 4) is 5.75 Å². The molecule has 7 nitrogen and oxygen atoms in total. The average molecular weight is 437 g/mol. The Labute approximate surface area is 184 Å². The molecule has 0 aliphatic carbocycles. The molecule has 1 aliphatic rings. The van der Waals surface area contributed by atoms with Crippen LogP contribution in [0.1, 0.15) is 26.9 Å². The van der Waals surface area contributed by atoms with Gasteiger partial charge >= 0.3 is 0 Å². The number of ether oxygens (including phenoxy) is 2. The maximum Gasteiger partial charge on any atom is 0.259 e. The maximum absolute atomic E-state index is 12.1. The first kappa shape index (κ1) is 20.0. The molecule has 1 fully saturated rings. The number of nitrogens with zero attached hydrogens (tertiary/aromatic N) is 3. The summed E-state index contributed by atoms with van der Waals surface area (Å²) in [6.07, 6.45) is 3.69. The number of benzene rings is 1. The lowest BCUT2D eigenvalue weighted by molar-refractivity contribution is -0.0321. The summed E-state index contributed by atoms with van der Waals surface area (Å²) < 4.78 is 13.6. The van der Waals surface area contributed by atoms with Crippen LogP contribution in [0.2, 0.25) is 0 Å². The van der Waals surface area contributed by atoms with E-state index in [1.807, 2.05) is 18.2 Å². The van der Waals surface area contributed by atoms with Crippen molar-refractivity contribution < 1.29 is 14.3 Å². The number of amides is 1. The lowest BCUT2D eigenvalue weighted by Crippen LogP contribution is -2.38. The van der Waals surface area contributed by atoms with Gasteiger partial charge in [0.15, 0.2) is 0 Å². The largest absolute Gasteiger partial charge is 0.497 e. The van der Waals surface area contributed by atoms with Crippen molar-refractivity contribution in [3.63, 3.8) is 0 Å². The Hall–Kier alpha value is -2.94. The van der Waals surface area contributed by atoms with E-state index in [9.17, 15) is 4.79 Å². The van der Waals surface area contributed by atoms with Gasteiger partial charge in [-0.1, -0.05) is 6.07 Å². The van der Waals surface area contributed by atoms with Gasteiger partial charge in [0.05, 0.1) is 25.3 Å². The Kier molecular flexibility index (Phi) is 5.13. The zero-order chi connectivity index (χ0) is 21.5. The van der Waals surface area contributed by atoms with Gasteiger partial charge in [-0.05, 0) is 23.8 Å². The number of nitrogens with two attached hydrogens (primary N) is 1. The second kappa shape index (κ2) is 7.96. The Morgan fingerprint density at radius 3 is 3.03 bits per heavy atom. The van der Waals surface area contributed by atoms with E-state index in [1.165, 1.54) is 22.3 Å². The Balaban J connectivity index is 1.45. The molecule has 1 unspecified atom stereocenters. The van der Waals surface area contributed by atoms with E-state index < -0.39 is 5.91 Å². The van der Waals surface area contributed by atoms with E-state index in [2.05, 4.69) is 39.8 Å². The quantitative estimate of drug-likeness (QED) is 0.518. The lowest BCUT2D eigenvalue weighted by Gasteiger charge is -2.33. The first-order valence-corrected chi connectivity index (χ1v) is 11.0. The number of pyridine rings is 1. The number of carbonyl (C=O) groups excluding carboxylic acids is 1. The van der Waals surface area contributed by atoms with E-state index in [1.54, 1.807) is 13.3 Å². The zero-order valence-electron chi connectivity index (χ0n) is 17.5. The molecule has 4 aromatic rings. The highest BCUT2D eigenvalue weighted by atomic mass is 32.1. The molecular formula is C23H24N4O3S. The first-order valence-electron chi connectivity index (χ1n) is 10.2. The second-order valence-electron chi connectivity index (χ2n) is 7.81. The highest BCUT2D eigenvalue weighted by Gasteiger charge is 2.29. The van der Waals surface area contributed by atoms with Crippen LogP contribution in [0.25, 0.3) is 21.1 Å². The third kappa shape index (κ3) is 3.56. The van der Waals surface area contributed by atoms with Crippen molar-refractivity contribution in [2.24, 2.45) is 12.8 Å². The summed E-state index contributed by atoms with van der Waals surface area (Å²) in [5.41, 5.74) is 8.96. The summed E-state index contributed by atoms with van der Waals surface area (Å²) in [5.74, 6) is 0.422. The van der Waals surface area contributed by atoms with Crippen LogP contribution < -0.4 is 10.5 Å². The molecule has 0 bridgehead atoms. The van der Waals surface area contributed by atoms with Gasteiger partial charge in [-0.25, -0.2) is 4.98 Å². The van der Waals surface area contributed by atoms with Crippen LogP contribution in [-0.4, -0.2) is 47.2 Å². The molecule has 31 heavy (non-hydrogen) atoms. The summed E-state index contributed by atoms with van der Waals surface area (Å²) in [6, 6.07) is 10.0. The summed E-state index contributed by atoms with van der Waals surface area (Å²) in [5, 5.41) is 2.17. The van der Waals surface area contributed by atoms with E-state index in [0.29, 0.717) is 18.0 Å². The van der Waals surface area contributed by atoms with Gasteiger partial charge in [-0.2, -0.15) is 0 Å². The van der Waals surface area contributed by atoms with E-state index in [0.717, 1.165) is 40.1 Å². The first-order chi connectivity index (χ1) is 15.0. The van der Waals surface area contributed by atoms with Gasteiger partial charge < -0.3 is 19.8 Å². The van der Waals surface area contributed by atoms with Crippen molar-refractivity contribution in [2.75, 3.05) is 26.8 Å². The van der Waals surface area contributed by atoms with Crippen LogP contribution in [0.4, 0.5) is 0 Å². The van der Waals surface area contributed by atoms with Crippen molar-refractivity contribution >= 4 is 38.4 Å². The molecule has 8 heteroatoms. The van der Waals surface area contributed by atoms with Gasteiger partial charge in [0.25, 0.3) is 5.91 Å². The number of morpholine rings is 1. The Morgan fingerprint density at radius 2 is 2.23 bits per heavy atom. The lowest BCUT2D eigenvalue weighted by atomic mass is 10.0. The highest BCUT2D eigenvalue weighted by Crippen LogP contribution is 2.37. The van der Waals surface area contributed by atoms with Crippen LogP contribution in [0.15, 0.2) is 42.7 Å². The summed E-state index contributed by atoms with van der Waals surface area (Å²) >= 11 is 1.34. The van der Waals surface area contributed by atoms with Crippen molar-refractivity contribution in [2.45, 2.75) is 12.6 Å².